The average molecular weight is 181 g/mol. The first kappa shape index (κ1) is 9.71. The number of benzene rings is 1. The van der Waals surface area contributed by atoms with Gasteiger partial charge < -0.3 is 5.11 Å². The zero-order chi connectivity index (χ0) is 9.84. The monoisotopic (exact) mass is 181 g/mol. The fourth-order valence-electron chi connectivity index (χ4n) is 0.984. The molecule has 0 unspecified atom stereocenters. The lowest BCUT2D eigenvalue weighted by molar-refractivity contribution is -0.134. The Balaban J connectivity index is 2.64. The van der Waals surface area contributed by atoms with Crippen LogP contribution in [-0.4, -0.2) is 11.1 Å². The van der Waals surface area contributed by atoms with Gasteiger partial charge in [0.15, 0.2) is 0 Å². The van der Waals surface area contributed by atoms with E-state index in [1.54, 1.807) is 19.1 Å². The Morgan fingerprint density at radius 3 is 2.38 bits per heavy atom. The first-order valence-corrected chi connectivity index (χ1v) is 3.90. The Morgan fingerprint density at radius 2 is 1.92 bits per heavy atom. The predicted octanol–water partition coefficient (Wildman–Crippen LogP) is 2.05. The summed E-state index contributed by atoms with van der Waals surface area (Å²) in [5.74, 6) is -0.868. The van der Waals surface area contributed by atoms with Crippen molar-refractivity contribution >= 4 is 5.97 Å². The van der Waals surface area contributed by atoms with Crippen LogP contribution < -0.4 is 0 Å². The third-order valence-electron chi connectivity index (χ3n) is 1.75. The molecule has 0 bridgehead atoms. The molecule has 0 saturated heterocycles. The van der Waals surface area contributed by atoms with Crippen LogP contribution in [0.25, 0.3) is 0 Å². The Labute approximate surface area is 76.0 Å². The van der Waals surface area contributed by atoms with Crippen LogP contribution >= 0.6 is 0 Å². The molecular weight excluding hydrogens is 171 g/mol. The van der Waals surface area contributed by atoms with E-state index in [4.69, 9.17) is 5.11 Å². The summed E-state index contributed by atoms with van der Waals surface area (Å²) in [7, 11) is 0. The van der Waals surface area contributed by atoms with Gasteiger partial charge in [-0.1, -0.05) is 12.1 Å². The normalized spacial score (nSPS) is 10.4. The lowest BCUT2D eigenvalue weighted by atomic mass is 10.0. The molecule has 69 valence electrons. The number of aliphatic carboxylic acids is 1. The van der Waals surface area contributed by atoms with Gasteiger partial charge in [-0.05, 0) is 31.0 Å². The summed E-state index contributed by atoms with van der Waals surface area (Å²) in [6.07, 6.45) is 0.357. The van der Waals surface area contributed by atoms with E-state index in [0.717, 1.165) is 5.56 Å². The zero-order valence-corrected chi connectivity index (χ0v) is 7.25. The van der Waals surface area contributed by atoms with Gasteiger partial charge in [-0.15, -0.1) is 0 Å². The van der Waals surface area contributed by atoms with Crippen LogP contribution in [0, 0.1) is 11.7 Å². The molecule has 0 amide bonds. The molecule has 1 N–H and O–H groups in total. The van der Waals surface area contributed by atoms with Crippen molar-refractivity contribution in [2.24, 2.45) is 0 Å². The number of halogens is 1. The lowest BCUT2D eigenvalue weighted by Gasteiger charge is -2.04. The number of rotatable bonds is 3. The summed E-state index contributed by atoms with van der Waals surface area (Å²) in [5.41, 5.74) is 0.807. The average Bonchev–Trinajstić information content (AvgIpc) is 2.08. The fourth-order valence-corrected chi connectivity index (χ4v) is 0.984. The number of carbonyl (C=O) groups is 1. The van der Waals surface area contributed by atoms with E-state index in [9.17, 15) is 9.18 Å². The summed E-state index contributed by atoms with van der Waals surface area (Å²) in [6, 6.07) is 5.82. The van der Waals surface area contributed by atoms with Gasteiger partial charge in [0.2, 0.25) is 0 Å². The molecule has 0 aliphatic heterocycles. The van der Waals surface area contributed by atoms with Gasteiger partial charge in [0.25, 0.3) is 0 Å². The van der Waals surface area contributed by atoms with Crippen molar-refractivity contribution in [3.63, 3.8) is 0 Å². The second-order valence-electron chi connectivity index (χ2n) is 2.89. The van der Waals surface area contributed by atoms with Crippen molar-refractivity contribution in [2.75, 3.05) is 0 Å². The smallest absolute Gasteiger partial charge is 0.310 e. The van der Waals surface area contributed by atoms with E-state index in [1.165, 1.54) is 12.1 Å². The molecule has 0 spiro atoms. The van der Waals surface area contributed by atoms with Gasteiger partial charge in [0, 0.05) is 0 Å². The standard InChI is InChI=1S/C10H10FO2/c1-7(10(12)13)6-8-2-4-9(11)5-3-8/h2-5H,6H2,1H3,(H,12,13). The van der Waals surface area contributed by atoms with Crippen molar-refractivity contribution in [2.45, 2.75) is 13.3 Å². The molecule has 0 fully saturated rings. The Kier molecular flexibility index (Phi) is 3.01. The maximum atomic E-state index is 12.5. The predicted molar refractivity (Wildman–Crippen MR) is 46.7 cm³/mol. The van der Waals surface area contributed by atoms with Gasteiger partial charge in [-0.3, -0.25) is 4.79 Å². The number of hydrogen-bond donors (Lipinski definition) is 1. The van der Waals surface area contributed by atoms with Gasteiger partial charge in [-0.25, -0.2) is 4.39 Å². The van der Waals surface area contributed by atoms with Crippen LogP contribution in [0.2, 0.25) is 0 Å². The molecule has 13 heavy (non-hydrogen) atoms. The topological polar surface area (TPSA) is 37.3 Å². The first-order chi connectivity index (χ1) is 6.09. The van der Waals surface area contributed by atoms with E-state index < -0.39 is 5.97 Å². The molecule has 3 heteroatoms. The molecule has 0 heterocycles. The molecule has 1 rings (SSSR count). The summed E-state index contributed by atoms with van der Waals surface area (Å²) in [4.78, 5) is 10.5. The molecule has 0 aliphatic carbocycles. The third-order valence-corrected chi connectivity index (χ3v) is 1.75. The molecule has 0 saturated carbocycles. The quantitative estimate of drug-likeness (QED) is 0.774. The van der Waals surface area contributed by atoms with Gasteiger partial charge in [0.1, 0.15) is 5.82 Å². The van der Waals surface area contributed by atoms with Gasteiger partial charge in [0.05, 0.1) is 5.92 Å². The highest BCUT2D eigenvalue weighted by atomic mass is 19.1. The van der Waals surface area contributed by atoms with Crippen molar-refractivity contribution in [3.05, 3.63) is 41.6 Å². The maximum absolute atomic E-state index is 12.5. The van der Waals surface area contributed by atoms with E-state index in [1.807, 2.05) is 0 Å². The van der Waals surface area contributed by atoms with Crippen LogP contribution in [0.1, 0.15) is 12.5 Å². The lowest BCUT2D eigenvalue weighted by Crippen LogP contribution is -2.09. The zero-order valence-electron chi connectivity index (χ0n) is 7.25. The SMILES string of the molecule is C[C](Cc1ccc(F)cc1)C(=O)O. The highest BCUT2D eigenvalue weighted by Gasteiger charge is 2.11. The number of hydrogen-bond acceptors (Lipinski definition) is 1. The van der Waals surface area contributed by atoms with Gasteiger partial charge in [-0.2, -0.15) is 0 Å². The maximum Gasteiger partial charge on any atom is 0.310 e. The highest BCUT2D eigenvalue weighted by molar-refractivity contribution is 5.82. The minimum atomic E-state index is -0.913. The summed E-state index contributed by atoms with van der Waals surface area (Å²) >= 11 is 0. The number of carboxylic acid groups (broad SMARTS) is 1. The first-order valence-electron chi connectivity index (χ1n) is 3.90. The van der Waals surface area contributed by atoms with E-state index in [-0.39, 0.29) is 5.82 Å². The Bertz CT molecular complexity index is 292. The summed E-state index contributed by atoms with van der Waals surface area (Å²) < 4.78 is 12.5. The molecule has 0 aromatic heterocycles. The molecule has 0 atom stereocenters. The molecule has 0 aliphatic rings. The minimum absolute atomic E-state index is 0.309. The second-order valence-corrected chi connectivity index (χ2v) is 2.89. The van der Waals surface area contributed by atoms with Crippen molar-refractivity contribution < 1.29 is 14.3 Å². The minimum Gasteiger partial charge on any atom is -0.481 e. The number of carboxylic acids is 1. The summed E-state index contributed by atoms with van der Waals surface area (Å²) in [6.45, 7) is 1.55. The fraction of sp³-hybridized carbons (Fsp3) is 0.200. The molecule has 1 radical (unpaired) electrons. The molecule has 1 aromatic rings. The van der Waals surface area contributed by atoms with Crippen LogP contribution in [-0.2, 0) is 11.2 Å². The third kappa shape index (κ3) is 2.86. The van der Waals surface area contributed by atoms with Crippen molar-refractivity contribution in [1.82, 2.24) is 0 Å². The highest BCUT2D eigenvalue weighted by Crippen LogP contribution is 2.10. The van der Waals surface area contributed by atoms with Crippen LogP contribution in [0.3, 0.4) is 0 Å². The van der Waals surface area contributed by atoms with Crippen LogP contribution in [0.4, 0.5) is 4.39 Å². The van der Waals surface area contributed by atoms with E-state index in [0.29, 0.717) is 12.3 Å². The molecule has 1 aromatic carbocycles. The van der Waals surface area contributed by atoms with Gasteiger partial charge >= 0.3 is 5.97 Å². The van der Waals surface area contributed by atoms with Crippen LogP contribution in [0.15, 0.2) is 24.3 Å². The molecule has 2 nitrogen and oxygen atoms in total. The van der Waals surface area contributed by atoms with Crippen molar-refractivity contribution in [3.8, 4) is 0 Å². The van der Waals surface area contributed by atoms with Crippen molar-refractivity contribution in [1.29, 1.82) is 0 Å². The van der Waals surface area contributed by atoms with E-state index in [2.05, 4.69) is 0 Å². The van der Waals surface area contributed by atoms with Crippen LogP contribution in [0.5, 0.6) is 0 Å². The Hall–Kier alpha value is -1.38. The second kappa shape index (κ2) is 4.03. The van der Waals surface area contributed by atoms with E-state index >= 15 is 0 Å². The Morgan fingerprint density at radius 1 is 1.38 bits per heavy atom. The summed E-state index contributed by atoms with van der Waals surface area (Å²) in [5, 5.41) is 8.59. The molecular formula is C10H10FO2. The largest absolute Gasteiger partial charge is 0.481 e.